The number of ketones is 2. The first-order chi connectivity index (χ1) is 15.5. The third-order valence-electron chi connectivity index (χ3n) is 6.37. The molecule has 0 bridgehead atoms. The van der Waals surface area contributed by atoms with E-state index in [-0.39, 0.29) is 23.4 Å². The van der Waals surface area contributed by atoms with Crippen molar-refractivity contribution >= 4 is 11.6 Å². The van der Waals surface area contributed by atoms with Crippen molar-refractivity contribution in [3.8, 4) is 11.5 Å². The van der Waals surface area contributed by atoms with Crippen LogP contribution in [0.2, 0.25) is 0 Å². The van der Waals surface area contributed by atoms with Crippen LogP contribution in [0.3, 0.4) is 0 Å². The minimum atomic E-state index is -0.126. The van der Waals surface area contributed by atoms with E-state index < -0.39 is 0 Å². The van der Waals surface area contributed by atoms with Crippen LogP contribution in [-0.4, -0.2) is 30.7 Å². The second-order valence-electron chi connectivity index (χ2n) is 8.45. The van der Waals surface area contributed by atoms with E-state index in [1.807, 2.05) is 41.6 Å². The number of nitrogens with zero attached hydrogens (tertiary/aromatic N) is 1. The van der Waals surface area contributed by atoms with Crippen molar-refractivity contribution in [3.05, 3.63) is 83.2 Å². The average molecular weight is 432 g/mol. The molecule has 4 rings (SSSR count). The van der Waals surface area contributed by atoms with E-state index in [9.17, 15) is 9.59 Å². The molecule has 0 N–H and O–H groups in total. The van der Waals surface area contributed by atoms with Crippen LogP contribution in [0.15, 0.2) is 66.5 Å². The van der Waals surface area contributed by atoms with Gasteiger partial charge in [-0.1, -0.05) is 36.4 Å². The molecule has 2 unspecified atom stereocenters. The Hall–Kier alpha value is -3.34. The van der Waals surface area contributed by atoms with Gasteiger partial charge in [0, 0.05) is 41.9 Å². The molecule has 2 aromatic carbocycles. The van der Waals surface area contributed by atoms with Crippen LogP contribution in [0.4, 0.5) is 0 Å². The van der Waals surface area contributed by atoms with Gasteiger partial charge in [-0.15, -0.1) is 0 Å². The van der Waals surface area contributed by atoms with Crippen LogP contribution >= 0.6 is 0 Å². The molecular formula is C27H29NO4. The van der Waals surface area contributed by atoms with Gasteiger partial charge in [0.1, 0.15) is 0 Å². The highest BCUT2D eigenvalue weighted by molar-refractivity contribution is 6.01. The maximum absolute atomic E-state index is 13.3. The molecule has 5 heteroatoms. The van der Waals surface area contributed by atoms with Crippen molar-refractivity contribution in [1.29, 1.82) is 0 Å². The highest BCUT2D eigenvalue weighted by Gasteiger charge is 2.32. The summed E-state index contributed by atoms with van der Waals surface area (Å²) in [4.78, 5) is 27.8. The predicted molar refractivity (Wildman–Crippen MR) is 124 cm³/mol. The fraction of sp³-hybridized carbons (Fsp3) is 0.333. The molecule has 0 fully saturated rings. The smallest absolute Gasteiger partial charge is 0.166 e. The molecule has 1 heterocycles. The van der Waals surface area contributed by atoms with E-state index >= 15 is 0 Å². The Balaban J connectivity index is 1.51. The van der Waals surface area contributed by atoms with Crippen LogP contribution in [0.1, 0.15) is 41.3 Å². The maximum Gasteiger partial charge on any atom is 0.166 e. The van der Waals surface area contributed by atoms with Crippen molar-refractivity contribution in [2.24, 2.45) is 11.8 Å². The maximum atomic E-state index is 13.3. The zero-order valence-electron chi connectivity index (χ0n) is 18.8. The quantitative estimate of drug-likeness (QED) is 0.620. The van der Waals surface area contributed by atoms with Gasteiger partial charge in [-0.3, -0.25) is 9.59 Å². The largest absolute Gasteiger partial charge is 0.493 e. The zero-order chi connectivity index (χ0) is 22.7. The molecule has 0 aromatic heterocycles. The summed E-state index contributed by atoms with van der Waals surface area (Å²) in [6.45, 7) is 2.31. The Labute approximate surface area is 189 Å². The van der Waals surface area contributed by atoms with E-state index in [0.29, 0.717) is 30.0 Å². The summed E-state index contributed by atoms with van der Waals surface area (Å²) in [6.07, 6.45) is 8.24. The molecule has 1 aliphatic heterocycles. The Kier molecular flexibility index (Phi) is 6.45. The number of benzene rings is 2. The Morgan fingerprint density at radius 1 is 1.09 bits per heavy atom. The molecule has 0 spiro atoms. The molecule has 32 heavy (non-hydrogen) atoms. The number of carbonyl (C=O) groups excluding carboxylic acids is 2. The summed E-state index contributed by atoms with van der Waals surface area (Å²) in [5, 5.41) is 0. The van der Waals surface area contributed by atoms with E-state index in [4.69, 9.17) is 9.47 Å². The van der Waals surface area contributed by atoms with Crippen molar-refractivity contribution in [2.75, 3.05) is 14.2 Å². The Bertz CT molecular complexity index is 1070. The molecular weight excluding hydrogens is 402 g/mol. The minimum Gasteiger partial charge on any atom is -0.493 e. The topological polar surface area (TPSA) is 55.8 Å². The molecule has 2 atom stereocenters. The molecule has 166 valence electrons. The fourth-order valence-electron chi connectivity index (χ4n) is 4.66. The number of rotatable bonds is 7. The van der Waals surface area contributed by atoms with Crippen molar-refractivity contribution in [1.82, 2.24) is 4.90 Å². The second-order valence-corrected chi connectivity index (χ2v) is 8.45. The summed E-state index contributed by atoms with van der Waals surface area (Å²) in [5.74, 6) is 1.20. The van der Waals surface area contributed by atoms with Crippen LogP contribution < -0.4 is 9.47 Å². The lowest BCUT2D eigenvalue weighted by molar-refractivity contribution is -0.114. The number of aryl methyl sites for hydroxylation is 1. The van der Waals surface area contributed by atoms with Crippen LogP contribution in [0.25, 0.3) is 0 Å². The molecule has 0 saturated carbocycles. The molecule has 0 amide bonds. The third kappa shape index (κ3) is 4.47. The first-order valence-corrected chi connectivity index (χ1v) is 11.0. The summed E-state index contributed by atoms with van der Waals surface area (Å²) in [6, 6.07) is 13.9. The van der Waals surface area contributed by atoms with Crippen molar-refractivity contribution < 1.29 is 19.1 Å². The van der Waals surface area contributed by atoms with Gasteiger partial charge in [0.15, 0.2) is 23.1 Å². The lowest BCUT2D eigenvalue weighted by atomic mass is 9.76. The minimum absolute atomic E-state index is 0.0486. The highest BCUT2D eigenvalue weighted by atomic mass is 16.5. The van der Waals surface area contributed by atoms with Crippen molar-refractivity contribution in [3.63, 3.8) is 0 Å². The molecule has 5 nitrogen and oxygen atoms in total. The number of methoxy groups -OCH3 is 2. The normalized spacial score (nSPS) is 19.9. The monoisotopic (exact) mass is 431 g/mol. The first kappa shape index (κ1) is 21.9. The lowest BCUT2D eigenvalue weighted by Gasteiger charge is -2.30. The molecule has 2 aromatic rings. The Morgan fingerprint density at radius 2 is 1.81 bits per heavy atom. The number of carbonyl (C=O) groups is 2. The lowest BCUT2D eigenvalue weighted by Crippen LogP contribution is -2.28. The van der Waals surface area contributed by atoms with Gasteiger partial charge in [-0.05, 0) is 49.4 Å². The van der Waals surface area contributed by atoms with E-state index in [2.05, 4.69) is 18.2 Å². The van der Waals surface area contributed by atoms with E-state index in [1.54, 1.807) is 27.2 Å². The predicted octanol–water partition coefficient (Wildman–Crippen LogP) is 4.96. The van der Waals surface area contributed by atoms with Crippen molar-refractivity contribution in [2.45, 2.75) is 32.7 Å². The summed E-state index contributed by atoms with van der Waals surface area (Å²) in [7, 11) is 3.18. The van der Waals surface area contributed by atoms with Crippen LogP contribution in [0, 0.1) is 11.8 Å². The average Bonchev–Trinajstić information content (AvgIpc) is 2.81. The molecule has 0 radical (unpaired) electrons. The number of fused-ring (bicyclic) bond motifs is 1. The number of Topliss-reactive ketones (excluding diaryl/α,β-unsaturated/α-hetero) is 2. The Morgan fingerprint density at radius 3 is 2.50 bits per heavy atom. The fourth-order valence-corrected chi connectivity index (χ4v) is 4.66. The van der Waals surface area contributed by atoms with E-state index in [0.717, 1.165) is 24.0 Å². The summed E-state index contributed by atoms with van der Waals surface area (Å²) < 4.78 is 10.8. The standard InChI is InChI=1S/C27H29NO4/c1-18(29)24-17-28(16-19-7-5-4-6-8-19)12-11-21(24)13-22-10-9-20-14-25(31-2)26(32-3)15-23(20)27(22)30/h4-8,11-12,14-15,17,21-22H,9-10,13,16H2,1-3H3. The molecule has 2 aliphatic rings. The number of hydrogen-bond acceptors (Lipinski definition) is 5. The second kappa shape index (κ2) is 9.43. The van der Waals surface area contributed by atoms with Gasteiger partial charge in [0.25, 0.3) is 0 Å². The number of hydrogen-bond donors (Lipinski definition) is 0. The van der Waals surface area contributed by atoms with Gasteiger partial charge >= 0.3 is 0 Å². The SMILES string of the molecule is COc1cc2c(cc1OC)C(=O)C(CC1C=CN(Cc3ccccc3)C=C1C(C)=O)CC2. The molecule has 1 aliphatic carbocycles. The van der Waals surface area contributed by atoms with Gasteiger partial charge in [-0.2, -0.15) is 0 Å². The molecule has 0 saturated heterocycles. The highest BCUT2D eigenvalue weighted by Crippen LogP contribution is 2.38. The van der Waals surface area contributed by atoms with Gasteiger partial charge < -0.3 is 14.4 Å². The van der Waals surface area contributed by atoms with E-state index in [1.165, 1.54) is 5.56 Å². The van der Waals surface area contributed by atoms with Crippen LogP contribution in [0.5, 0.6) is 11.5 Å². The summed E-state index contributed by atoms with van der Waals surface area (Å²) in [5.41, 5.74) is 3.64. The third-order valence-corrected chi connectivity index (χ3v) is 6.37. The number of ether oxygens (including phenoxy) is 2. The summed E-state index contributed by atoms with van der Waals surface area (Å²) >= 11 is 0. The zero-order valence-corrected chi connectivity index (χ0v) is 18.8. The first-order valence-electron chi connectivity index (χ1n) is 11.0. The van der Waals surface area contributed by atoms with Gasteiger partial charge in [-0.25, -0.2) is 0 Å². The van der Waals surface area contributed by atoms with Crippen LogP contribution in [-0.2, 0) is 17.8 Å². The van der Waals surface area contributed by atoms with Gasteiger partial charge in [0.05, 0.1) is 14.2 Å². The van der Waals surface area contributed by atoms with Gasteiger partial charge in [0.2, 0.25) is 0 Å². The number of allylic oxidation sites excluding steroid dienone is 2.